The van der Waals surface area contributed by atoms with Gasteiger partial charge in [0.15, 0.2) is 0 Å². The molecule has 2 heteroatoms. The molecule has 0 saturated heterocycles. The zero-order chi connectivity index (χ0) is 10.8. The highest BCUT2D eigenvalue weighted by Crippen LogP contribution is 2.23. The second-order valence-corrected chi connectivity index (χ2v) is 3.91. The Labute approximate surface area is 90.5 Å². The minimum Gasteiger partial charge on any atom is -0.494 e. The quantitative estimate of drug-likeness (QED) is 0.746. The smallest absolute Gasteiger partial charge is 0.121 e. The molecule has 2 aromatic rings. The third-order valence-corrected chi connectivity index (χ3v) is 2.73. The molecule has 1 heterocycles. The van der Waals surface area contributed by atoms with E-state index in [2.05, 4.69) is 43.7 Å². The maximum atomic E-state index is 5.61. The molecule has 80 valence electrons. The lowest BCUT2D eigenvalue weighted by Crippen LogP contribution is -1.95. The van der Waals surface area contributed by atoms with Crippen molar-refractivity contribution in [3.05, 3.63) is 30.0 Å². The molecule has 0 fully saturated rings. The standard InChI is InChI=1S/C13H17NO/c1-4-7-15-12-6-5-11-8-10(2)14(3)13(11)9-12/h5-6,8-9H,4,7H2,1-3H3. The molecule has 1 aromatic carbocycles. The second-order valence-electron chi connectivity index (χ2n) is 3.91. The number of rotatable bonds is 3. The van der Waals surface area contributed by atoms with Crippen molar-refractivity contribution in [2.24, 2.45) is 7.05 Å². The summed E-state index contributed by atoms with van der Waals surface area (Å²) in [5, 5.41) is 1.28. The van der Waals surface area contributed by atoms with E-state index in [0.29, 0.717) is 0 Å². The predicted molar refractivity (Wildman–Crippen MR) is 63.4 cm³/mol. The van der Waals surface area contributed by atoms with Crippen LogP contribution in [0.5, 0.6) is 5.75 Å². The van der Waals surface area contributed by atoms with E-state index in [4.69, 9.17) is 4.74 Å². The Kier molecular flexibility index (Phi) is 2.67. The van der Waals surface area contributed by atoms with Gasteiger partial charge in [0.1, 0.15) is 5.75 Å². The summed E-state index contributed by atoms with van der Waals surface area (Å²) in [6.45, 7) is 5.02. The van der Waals surface area contributed by atoms with E-state index in [0.717, 1.165) is 18.8 Å². The highest BCUT2D eigenvalue weighted by Gasteiger charge is 2.03. The lowest BCUT2D eigenvalue weighted by molar-refractivity contribution is 0.318. The van der Waals surface area contributed by atoms with Crippen molar-refractivity contribution in [3.63, 3.8) is 0 Å². The Morgan fingerprint density at radius 2 is 2.07 bits per heavy atom. The van der Waals surface area contributed by atoms with E-state index in [1.165, 1.54) is 16.6 Å². The van der Waals surface area contributed by atoms with Gasteiger partial charge in [-0.15, -0.1) is 0 Å². The van der Waals surface area contributed by atoms with Gasteiger partial charge in [0.25, 0.3) is 0 Å². The van der Waals surface area contributed by atoms with Gasteiger partial charge in [-0.3, -0.25) is 0 Å². The van der Waals surface area contributed by atoms with Crippen LogP contribution in [0.4, 0.5) is 0 Å². The fraction of sp³-hybridized carbons (Fsp3) is 0.385. The fourth-order valence-electron chi connectivity index (χ4n) is 1.76. The Hall–Kier alpha value is -1.44. The molecule has 2 nitrogen and oxygen atoms in total. The summed E-state index contributed by atoms with van der Waals surface area (Å²) in [6.07, 6.45) is 1.05. The summed E-state index contributed by atoms with van der Waals surface area (Å²) in [5.41, 5.74) is 2.51. The van der Waals surface area contributed by atoms with Crippen LogP contribution < -0.4 is 4.74 Å². The highest BCUT2D eigenvalue weighted by atomic mass is 16.5. The van der Waals surface area contributed by atoms with Crippen LogP contribution in [0, 0.1) is 6.92 Å². The van der Waals surface area contributed by atoms with Gasteiger partial charge in [0.05, 0.1) is 12.1 Å². The number of nitrogens with zero attached hydrogens (tertiary/aromatic N) is 1. The molecule has 0 N–H and O–H groups in total. The molecule has 0 saturated carbocycles. The van der Waals surface area contributed by atoms with Crippen LogP contribution in [0.1, 0.15) is 19.0 Å². The summed E-state index contributed by atoms with van der Waals surface area (Å²) in [6, 6.07) is 8.46. The van der Waals surface area contributed by atoms with Gasteiger partial charge < -0.3 is 9.30 Å². The number of fused-ring (bicyclic) bond motifs is 1. The normalized spacial score (nSPS) is 10.9. The van der Waals surface area contributed by atoms with Gasteiger partial charge in [-0.2, -0.15) is 0 Å². The molecule has 0 aliphatic rings. The average Bonchev–Trinajstić information content (AvgIpc) is 2.52. The number of aryl methyl sites for hydroxylation is 2. The van der Waals surface area contributed by atoms with Crippen molar-refractivity contribution >= 4 is 10.9 Å². The maximum absolute atomic E-state index is 5.61. The Bertz CT molecular complexity index is 471. The first-order chi connectivity index (χ1) is 7.22. The first-order valence-electron chi connectivity index (χ1n) is 5.41. The van der Waals surface area contributed by atoms with Gasteiger partial charge >= 0.3 is 0 Å². The minimum absolute atomic E-state index is 0.787. The summed E-state index contributed by atoms with van der Waals surface area (Å²) < 4.78 is 7.80. The molecular formula is C13H17NO. The van der Waals surface area contributed by atoms with Crippen LogP contribution in [0.3, 0.4) is 0 Å². The Morgan fingerprint density at radius 1 is 1.27 bits per heavy atom. The molecule has 15 heavy (non-hydrogen) atoms. The number of ether oxygens (including phenoxy) is 1. The minimum atomic E-state index is 0.787. The maximum Gasteiger partial charge on any atom is 0.121 e. The number of aromatic nitrogens is 1. The first kappa shape index (κ1) is 10.1. The van der Waals surface area contributed by atoms with Crippen molar-refractivity contribution < 1.29 is 4.74 Å². The van der Waals surface area contributed by atoms with E-state index in [9.17, 15) is 0 Å². The summed E-state index contributed by atoms with van der Waals surface area (Å²) in [4.78, 5) is 0. The zero-order valence-corrected chi connectivity index (χ0v) is 9.58. The molecule has 0 unspecified atom stereocenters. The van der Waals surface area contributed by atoms with E-state index < -0.39 is 0 Å². The van der Waals surface area contributed by atoms with Crippen molar-refractivity contribution in [1.82, 2.24) is 4.57 Å². The van der Waals surface area contributed by atoms with Crippen LogP contribution in [-0.4, -0.2) is 11.2 Å². The lowest BCUT2D eigenvalue weighted by atomic mass is 10.2. The van der Waals surface area contributed by atoms with Crippen LogP contribution >= 0.6 is 0 Å². The molecule has 2 rings (SSSR count). The highest BCUT2D eigenvalue weighted by molar-refractivity contribution is 5.82. The Balaban J connectivity index is 2.41. The van der Waals surface area contributed by atoms with Gasteiger partial charge in [-0.1, -0.05) is 6.92 Å². The topological polar surface area (TPSA) is 14.2 Å². The van der Waals surface area contributed by atoms with Crippen molar-refractivity contribution in [3.8, 4) is 5.75 Å². The molecular weight excluding hydrogens is 186 g/mol. The van der Waals surface area contributed by atoms with Crippen molar-refractivity contribution in [1.29, 1.82) is 0 Å². The molecule has 1 aromatic heterocycles. The van der Waals surface area contributed by atoms with Crippen LogP contribution in [0.25, 0.3) is 10.9 Å². The zero-order valence-electron chi connectivity index (χ0n) is 9.58. The SMILES string of the molecule is CCCOc1ccc2cc(C)n(C)c2c1. The summed E-state index contributed by atoms with van der Waals surface area (Å²) >= 11 is 0. The van der Waals surface area contributed by atoms with Crippen molar-refractivity contribution in [2.45, 2.75) is 20.3 Å². The van der Waals surface area contributed by atoms with Gasteiger partial charge in [0.2, 0.25) is 0 Å². The van der Waals surface area contributed by atoms with Crippen LogP contribution in [-0.2, 0) is 7.05 Å². The summed E-state index contributed by atoms with van der Waals surface area (Å²) in [5.74, 6) is 0.963. The molecule has 0 radical (unpaired) electrons. The van der Waals surface area contributed by atoms with Crippen molar-refractivity contribution in [2.75, 3.05) is 6.61 Å². The number of hydrogen-bond donors (Lipinski definition) is 0. The largest absolute Gasteiger partial charge is 0.494 e. The van der Waals surface area contributed by atoms with E-state index in [1.807, 2.05) is 6.07 Å². The molecule has 0 atom stereocenters. The first-order valence-corrected chi connectivity index (χ1v) is 5.41. The van der Waals surface area contributed by atoms with E-state index in [1.54, 1.807) is 0 Å². The average molecular weight is 203 g/mol. The number of hydrogen-bond acceptors (Lipinski definition) is 1. The fourth-order valence-corrected chi connectivity index (χ4v) is 1.76. The lowest BCUT2D eigenvalue weighted by Gasteiger charge is -2.05. The predicted octanol–water partition coefficient (Wildman–Crippen LogP) is 3.28. The monoisotopic (exact) mass is 203 g/mol. The number of benzene rings is 1. The molecule has 0 spiro atoms. The third-order valence-electron chi connectivity index (χ3n) is 2.73. The van der Waals surface area contributed by atoms with E-state index in [-0.39, 0.29) is 0 Å². The molecule has 0 amide bonds. The molecule has 0 aliphatic heterocycles. The Morgan fingerprint density at radius 3 is 2.80 bits per heavy atom. The summed E-state index contributed by atoms with van der Waals surface area (Å²) in [7, 11) is 2.08. The van der Waals surface area contributed by atoms with Gasteiger partial charge in [0, 0.05) is 24.2 Å². The molecule has 0 aliphatic carbocycles. The van der Waals surface area contributed by atoms with Gasteiger partial charge in [-0.25, -0.2) is 0 Å². The van der Waals surface area contributed by atoms with E-state index >= 15 is 0 Å². The second kappa shape index (κ2) is 3.97. The van der Waals surface area contributed by atoms with Crippen LogP contribution in [0.15, 0.2) is 24.3 Å². The third kappa shape index (κ3) is 1.84. The molecule has 0 bridgehead atoms. The van der Waals surface area contributed by atoms with Crippen LogP contribution in [0.2, 0.25) is 0 Å². The van der Waals surface area contributed by atoms with Gasteiger partial charge in [-0.05, 0) is 31.5 Å².